The molecule has 0 spiro atoms. The Labute approximate surface area is 107 Å². The number of hydrogen-bond acceptors (Lipinski definition) is 4. The first-order chi connectivity index (χ1) is 8.31. The SMILES string of the molecule is C[C@@H](NC(=O)OC(C)(C)C)c1cccc(C#N)n1. The molecule has 0 aliphatic heterocycles. The lowest BCUT2D eigenvalue weighted by atomic mass is 10.2. The molecule has 1 aromatic heterocycles. The second-order valence-corrected chi connectivity index (χ2v) is 4.93. The Balaban J connectivity index is 2.68. The number of carbonyl (C=O) groups excluding carboxylic acids is 1. The van der Waals surface area contributed by atoms with Crippen molar-refractivity contribution in [1.82, 2.24) is 10.3 Å². The fourth-order valence-electron chi connectivity index (χ4n) is 1.31. The van der Waals surface area contributed by atoms with Crippen LogP contribution in [0.2, 0.25) is 0 Å². The van der Waals surface area contributed by atoms with E-state index in [4.69, 9.17) is 10.00 Å². The third-order valence-electron chi connectivity index (χ3n) is 2.06. The Morgan fingerprint density at radius 2 is 2.17 bits per heavy atom. The molecule has 1 rings (SSSR count). The molecule has 0 aromatic carbocycles. The Bertz CT molecular complexity index is 472. The summed E-state index contributed by atoms with van der Waals surface area (Å²) in [5, 5.41) is 11.4. The number of amides is 1. The van der Waals surface area contributed by atoms with Gasteiger partial charge in [0.25, 0.3) is 0 Å². The minimum atomic E-state index is -0.536. The third kappa shape index (κ3) is 4.42. The molecule has 5 heteroatoms. The van der Waals surface area contributed by atoms with Crippen molar-refractivity contribution in [2.24, 2.45) is 0 Å². The van der Waals surface area contributed by atoms with E-state index in [0.29, 0.717) is 11.4 Å². The summed E-state index contributed by atoms with van der Waals surface area (Å²) in [6.07, 6.45) is -0.501. The van der Waals surface area contributed by atoms with Crippen molar-refractivity contribution in [3.63, 3.8) is 0 Å². The van der Waals surface area contributed by atoms with Crippen LogP contribution in [0.5, 0.6) is 0 Å². The summed E-state index contributed by atoms with van der Waals surface area (Å²) in [4.78, 5) is 15.7. The number of aromatic nitrogens is 1. The monoisotopic (exact) mass is 247 g/mol. The lowest BCUT2D eigenvalue weighted by Crippen LogP contribution is -2.34. The van der Waals surface area contributed by atoms with Crippen LogP contribution in [0.3, 0.4) is 0 Å². The predicted octanol–water partition coefficient (Wildman–Crippen LogP) is 2.54. The fraction of sp³-hybridized carbons (Fsp3) is 0.462. The van der Waals surface area contributed by atoms with E-state index in [1.165, 1.54) is 0 Å². The molecule has 0 saturated carbocycles. The molecule has 0 radical (unpaired) electrons. The highest BCUT2D eigenvalue weighted by atomic mass is 16.6. The van der Waals surface area contributed by atoms with Crippen LogP contribution >= 0.6 is 0 Å². The number of nitrogens with zero attached hydrogens (tertiary/aromatic N) is 2. The van der Waals surface area contributed by atoms with E-state index in [-0.39, 0.29) is 6.04 Å². The molecule has 96 valence electrons. The minimum Gasteiger partial charge on any atom is -0.444 e. The standard InChI is InChI=1S/C13H17N3O2/c1-9(15-12(17)18-13(2,3)4)11-7-5-6-10(8-14)16-11/h5-7,9H,1-4H3,(H,15,17)/t9-/m1/s1. The number of carbonyl (C=O) groups is 1. The van der Waals surface area contributed by atoms with Gasteiger partial charge in [0, 0.05) is 0 Å². The van der Waals surface area contributed by atoms with E-state index in [0.717, 1.165) is 0 Å². The second-order valence-electron chi connectivity index (χ2n) is 4.93. The number of ether oxygens (including phenoxy) is 1. The molecule has 0 unspecified atom stereocenters. The minimum absolute atomic E-state index is 0.312. The number of nitrogens with one attached hydrogen (secondary N) is 1. The van der Waals surface area contributed by atoms with Crippen LogP contribution in [-0.2, 0) is 4.74 Å². The molecule has 1 atom stereocenters. The Hall–Kier alpha value is -2.09. The van der Waals surface area contributed by atoms with Gasteiger partial charge in [0.2, 0.25) is 0 Å². The fourth-order valence-corrected chi connectivity index (χ4v) is 1.31. The van der Waals surface area contributed by atoms with Gasteiger partial charge in [-0.1, -0.05) is 6.07 Å². The first-order valence-corrected chi connectivity index (χ1v) is 5.68. The van der Waals surface area contributed by atoms with Gasteiger partial charge in [0.15, 0.2) is 0 Å². The molecule has 1 heterocycles. The van der Waals surface area contributed by atoms with Crippen molar-refractivity contribution < 1.29 is 9.53 Å². The van der Waals surface area contributed by atoms with E-state index in [1.807, 2.05) is 6.07 Å². The molecule has 0 aliphatic rings. The smallest absolute Gasteiger partial charge is 0.408 e. The average molecular weight is 247 g/mol. The van der Waals surface area contributed by atoms with Gasteiger partial charge in [-0.25, -0.2) is 9.78 Å². The first kappa shape index (κ1) is 14.0. The maximum absolute atomic E-state index is 11.6. The highest BCUT2D eigenvalue weighted by molar-refractivity contribution is 5.68. The molecule has 5 nitrogen and oxygen atoms in total. The van der Waals surface area contributed by atoms with Gasteiger partial charge in [-0.15, -0.1) is 0 Å². The summed E-state index contributed by atoms with van der Waals surface area (Å²) >= 11 is 0. The van der Waals surface area contributed by atoms with E-state index in [9.17, 15) is 4.79 Å². The summed E-state index contributed by atoms with van der Waals surface area (Å²) in [7, 11) is 0. The quantitative estimate of drug-likeness (QED) is 0.871. The van der Waals surface area contributed by atoms with Gasteiger partial charge in [0.05, 0.1) is 11.7 Å². The van der Waals surface area contributed by atoms with Crippen LogP contribution in [0.1, 0.15) is 45.1 Å². The molecule has 1 aromatic rings. The van der Waals surface area contributed by atoms with Crippen LogP contribution in [0.4, 0.5) is 4.79 Å². The van der Waals surface area contributed by atoms with Gasteiger partial charge < -0.3 is 10.1 Å². The molecule has 18 heavy (non-hydrogen) atoms. The zero-order valence-electron chi connectivity index (χ0n) is 11.0. The van der Waals surface area contributed by atoms with Crippen LogP contribution < -0.4 is 5.32 Å². The maximum Gasteiger partial charge on any atom is 0.408 e. The number of alkyl carbamates (subject to hydrolysis) is 1. The summed E-state index contributed by atoms with van der Waals surface area (Å²) in [5.74, 6) is 0. The van der Waals surface area contributed by atoms with E-state index < -0.39 is 11.7 Å². The van der Waals surface area contributed by atoms with Crippen LogP contribution in [0.15, 0.2) is 18.2 Å². The van der Waals surface area contributed by atoms with Crippen molar-refractivity contribution >= 4 is 6.09 Å². The number of pyridine rings is 1. The summed E-state index contributed by atoms with van der Waals surface area (Å²) < 4.78 is 5.14. The number of hydrogen-bond donors (Lipinski definition) is 1. The molecule has 0 fully saturated rings. The van der Waals surface area contributed by atoms with E-state index >= 15 is 0 Å². The molecule has 1 amide bonds. The van der Waals surface area contributed by atoms with Gasteiger partial charge in [0.1, 0.15) is 17.4 Å². The summed E-state index contributed by atoms with van der Waals surface area (Å²) in [6, 6.07) is 6.74. The normalized spacial score (nSPS) is 12.4. The highest BCUT2D eigenvalue weighted by Crippen LogP contribution is 2.12. The van der Waals surface area contributed by atoms with Crippen molar-refractivity contribution in [3.05, 3.63) is 29.6 Å². The van der Waals surface area contributed by atoms with Crippen molar-refractivity contribution in [1.29, 1.82) is 5.26 Å². The number of rotatable bonds is 2. The second kappa shape index (κ2) is 5.50. The topological polar surface area (TPSA) is 75.0 Å². The third-order valence-corrected chi connectivity index (χ3v) is 2.06. The van der Waals surface area contributed by atoms with Crippen LogP contribution in [-0.4, -0.2) is 16.7 Å². The van der Waals surface area contributed by atoms with Gasteiger partial charge in [-0.2, -0.15) is 5.26 Å². The molecule has 1 N–H and O–H groups in total. The lowest BCUT2D eigenvalue weighted by Gasteiger charge is -2.21. The largest absolute Gasteiger partial charge is 0.444 e. The lowest BCUT2D eigenvalue weighted by molar-refractivity contribution is 0.0507. The molecule has 0 bridgehead atoms. The van der Waals surface area contributed by atoms with E-state index in [2.05, 4.69) is 10.3 Å². The molecular weight excluding hydrogens is 230 g/mol. The van der Waals surface area contributed by atoms with E-state index in [1.54, 1.807) is 45.9 Å². The van der Waals surface area contributed by atoms with Crippen molar-refractivity contribution in [2.75, 3.05) is 0 Å². The Morgan fingerprint density at radius 1 is 1.50 bits per heavy atom. The predicted molar refractivity (Wildman–Crippen MR) is 66.7 cm³/mol. The van der Waals surface area contributed by atoms with Crippen molar-refractivity contribution in [3.8, 4) is 6.07 Å². The maximum atomic E-state index is 11.6. The van der Waals surface area contributed by atoms with Gasteiger partial charge in [-0.05, 0) is 39.8 Å². The summed E-state index contributed by atoms with van der Waals surface area (Å²) in [5.41, 5.74) is 0.413. The molecule has 0 saturated heterocycles. The zero-order valence-corrected chi connectivity index (χ0v) is 11.0. The summed E-state index contributed by atoms with van der Waals surface area (Å²) in [6.45, 7) is 7.18. The average Bonchev–Trinajstić information content (AvgIpc) is 2.26. The molecular formula is C13H17N3O2. The highest BCUT2D eigenvalue weighted by Gasteiger charge is 2.18. The first-order valence-electron chi connectivity index (χ1n) is 5.68. The Kier molecular flexibility index (Phi) is 4.27. The van der Waals surface area contributed by atoms with Gasteiger partial charge in [-0.3, -0.25) is 0 Å². The number of nitriles is 1. The zero-order chi connectivity index (χ0) is 13.8. The Morgan fingerprint density at radius 3 is 2.72 bits per heavy atom. The van der Waals surface area contributed by atoms with Crippen molar-refractivity contribution in [2.45, 2.75) is 39.3 Å². The molecule has 0 aliphatic carbocycles. The van der Waals surface area contributed by atoms with Crippen LogP contribution in [0.25, 0.3) is 0 Å². The van der Waals surface area contributed by atoms with Crippen LogP contribution in [0, 0.1) is 11.3 Å². The van der Waals surface area contributed by atoms with Gasteiger partial charge >= 0.3 is 6.09 Å².